The summed E-state index contributed by atoms with van der Waals surface area (Å²) in [5, 5.41) is 8.43. The lowest BCUT2D eigenvalue weighted by Crippen LogP contribution is -2.33. The molecule has 162 valence electrons. The first-order valence-corrected chi connectivity index (χ1v) is 10.4. The molecule has 9 heteroatoms. The summed E-state index contributed by atoms with van der Waals surface area (Å²) in [7, 11) is 1.31. The number of esters is 1. The SMILES string of the molecule is COC(=O)C(N)Cc1cn([C@@H]2CCOc3cc(CN4CCC(F)CC4)ccc32)nn1. The van der Waals surface area contributed by atoms with Crippen LogP contribution in [-0.2, 0) is 22.5 Å². The Balaban J connectivity index is 1.46. The molecule has 0 amide bonds. The number of aromatic nitrogens is 3. The molecule has 2 N–H and O–H groups in total. The third-order valence-electron chi connectivity index (χ3n) is 5.82. The van der Waals surface area contributed by atoms with Crippen molar-refractivity contribution in [2.24, 2.45) is 5.73 Å². The third kappa shape index (κ3) is 4.62. The van der Waals surface area contributed by atoms with Gasteiger partial charge in [-0.25, -0.2) is 9.07 Å². The molecule has 2 atom stereocenters. The number of rotatable bonds is 6. The summed E-state index contributed by atoms with van der Waals surface area (Å²) in [6, 6.07) is 5.52. The van der Waals surface area contributed by atoms with Crippen LogP contribution in [0.15, 0.2) is 24.4 Å². The molecule has 1 fully saturated rings. The standard InChI is InChI=1S/C21H28FN5O3/c1-29-21(28)18(23)11-16-13-27(25-24-16)19-6-9-30-20-10-14(2-3-17(19)20)12-26-7-4-15(22)5-8-26/h2-3,10,13,15,18-19H,4-9,11-12,23H2,1H3/t18?,19-/m1/s1. The number of hydrogen-bond acceptors (Lipinski definition) is 7. The number of benzene rings is 1. The first-order valence-electron chi connectivity index (χ1n) is 10.4. The van der Waals surface area contributed by atoms with E-state index in [-0.39, 0.29) is 12.5 Å². The van der Waals surface area contributed by atoms with Crippen LogP contribution in [0.4, 0.5) is 4.39 Å². The molecule has 2 aromatic rings. The maximum absolute atomic E-state index is 13.4. The van der Waals surface area contributed by atoms with Gasteiger partial charge in [-0.1, -0.05) is 17.3 Å². The maximum atomic E-state index is 13.4. The third-order valence-corrected chi connectivity index (χ3v) is 5.82. The van der Waals surface area contributed by atoms with Crippen molar-refractivity contribution in [1.82, 2.24) is 19.9 Å². The number of halogens is 1. The molecule has 0 aliphatic carbocycles. The van der Waals surface area contributed by atoms with E-state index < -0.39 is 18.2 Å². The average Bonchev–Trinajstić information content (AvgIpc) is 3.22. The number of nitrogens with zero attached hydrogens (tertiary/aromatic N) is 4. The number of carbonyl (C=O) groups excluding carboxylic acids is 1. The summed E-state index contributed by atoms with van der Waals surface area (Å²) >= 11 is 0. The van der Waals surface area contributed by atoms with Crippen molar-refractivity contribution >= 4 is 5.97 Å². The fourth-order valence-electron chi connectivity index (χ4n) is 4.13. The zero-order valence-corrected chi connectivity index (χ0v) is 17.2. The summed E-state index contributed by atoms with van der Waals surface area (Å²) in [5.41, 5.74) is 8.69. The molecule has 1 aromatic heterocycles. The van der Waals surface area contributed by atoms with Crippen molar-refractivity contribution in [3.8, 4) is 5.75 Å². The van der Waals surface area contributed by atoms with Crippen LogP contribution in [0.5, 0.6) is 5.75 Å². The molecule has 0 radical (unpaired) electrons. The molecule has 2 aliphatic rings. The summed E-state index contributed by atoms with van der Waals surface area (Å²) in [6.07, 6.45) is 3.44. The van der Waals surface area contributed by atoms with Crippen molar-refractivity contribution < 1.29 is 18.7 Å². The van der Waals surface area contributed by atoms with Crippen molar-refractivity contribution in [3.05, 3.63) is 41.2 Å². The molecule has 1 saturated heterocycles. The molecule has 0 bridgehead atoms. The summed E-state index contributed by atoms with van der Waals surface area (Å²) in [4.78, 5) is 13.8. The predicted molar refractivity (Wildman–Crippen MR) is 108 cm³/mol. The highest BCUT2D eigenvalue weighted by Gasteiger charge is 2.26. The van der Waals surface area contributed by atoms with Crippen molar-refractivity contribution in [1.29, 1.82) is 0 Å². The Kier molecular flexibility index (Phi) is 6.29. The quantitative estimate of drug-likeness (QED) is 0.714. The first-order chi connectivity index (χ1) is 14.5. The Labute approximate surface area is 175 Å². The van der Waals surface area contributed by atoms with E-state index in [2.05, 4.69) is 38.1 Å². The number of nitrogens with two attached hydrogens (primary N) is 1. The van der Waals surface area contributed by atoms with Crippen LogP contribution >= 0.6 is 0 Å². The summed E-state index contributed by atoms with van der Waals surface area (Å²) in [6.45, 7) is 2.96. The highest BCUT2D eigenvalue weighted by Crippen LogP contribution is 2.35. The Morgan fingerprint density at radius 2 is 2.17 bits per heavy atom. The van der Waals surface area contributed by atoms with Gasteiger partial charge in [-0.15, -0.1) is 5.10 Å². The Bertz CT molecular complexity index is 881. The van der Waals surface area contributed by atoms with Gasteiger partial charge in [-0.2, -0.15) is 0 Å². The topological polar surface area (TPSA) is 95.5 Å². The van der Waals surface area contributed by atoms with Gasteiger partial charge in [0.2, 0.25) is 0 Å². The van der Waals surface area contributed by atoms with Gasteiger partial charge in [0.15, 0.2) is 0 Å². The lowest BCUT2D eigenvalue weighted by Gasteiger charge is -2.30. The van der Waals surface area contributed by atoms with Crippen LogP contribution in [0.3, 0.4) is 0 Å². The van der Waals surface area contributed by atoms with E-state index in [9.17, 15) is 9.18 Å². The normalized spacial score (nSPS) is 21.0. The minimum Gasteiger partial charge on any atom is -0.493 e. The Morgan fingerprint density at radius 1 is 1.37 bits per heavy atom. The van der Waals surface area contributed by atoms with Crippen LogP contribution in [0.1, 0.15) is 42.1 Å². The van der Waals surface area contributed by atoms with E-state index in [1.54, 1.807) is 0 Å². The number of likely N-dealkylation sites (tertiary alicyclic amines) is 1. The predicted octanol–water partition coefficient (Wildman–Crippen LogP) is 1.63. The Morgan fingerprint density at radius 3 is 2.93 bits per heavy atom. The minimum absolute atomic E-state index is 0.0145. The number of alkyl halides is 1. The van der Waals surface area contributed by atoms with Gasteiger partial charge in [-0.05, 0) is 24.5 Å². The molecule has 3 heterocycles. The molecule has 0 spiro atoms. The van der Waals surface area contributed by atoms with Gasteiger partial charge in [0, 0.05) is 44.2 Å². The number of methoxy groups -OCH3 is 1. The van der Waals surface area contributed by atoms with Gasteiger partial charge < -0.3 is 15.2 Å². The van der Waals surface area contributed by atoms with Crippen LogP contribution in [0.25, 0.3) is 0 Å². The van der Waals surface area contributed by atoms with E-state index in [1.165, 1.54) is 7.11 Å². The highest BCUT2D eigenvalue weighted by atomic mass is 19.1. The zero-order valence-electron chi connectivity index (χ0n) is 17.2. The largest absolute Gasteiger partial charge is 0.493 e. The summed E-state index contributed by atoms with van der Waals surface area (Å²) < 4.78 is 25.8. The number of carbonyl (C=O) groups is 1. The maximum Gasteiger partial charge on any atom is 0.323 e. The average molecular weight is 417 g/mol. The number of ether oxygens (including phenoxy) is 2. The smallest absolute Gasteiger partial charge is 0.323 e. The van der Waals surface area contributed by atoms with Gasteiger partial charge in [0.1, 0.15) is 18.0 Å². The fourth-order valence-corrected chi connectivity index (χ4v) is 4.13. The second-order valence-electron chi connectivity index (χ2n) is 8.00. The van der Waals surface area contributed by atoms with Crippen molar-refractivity contribution in [2.75, 3.05) is 26.8 Å². The van der Waals surface area contributed by atoms with E-state index in [4.69, 9.17) is 10.5 Å². The van der Waals surface area contributed by atoms with Crippen LogP contribution in [0.2, 0.25) is 0 Å². The van der Waals surface area contributed by atoms with Crippen LogP contribution in [0, 0.1) is 0 Å². The summed E-state index contributed by atoms with van der Waals surface area (Å²) in [5.74, 6) is 0.386. The van der Waals surface area contributed by atoms with Gasteiger partial charge >= 0.3 is 5.97 Å². The fraction of sp³-hybridized carbons (Fsp3) is 0.571. The van der Waals surface area contributed by atoms with Crippen LogP contribution < -0.4 is 10.5 Å². The molecule has 0 saturated carbocycles. The Hall–Kier alpha value is -2.52. The number of hydrogen-bond donors (Lipinski definition) is 1. The zero-order chi connectivity index (χ0) is 21.1. The second kappa shape index (κ2) is 9.09. The molecule has 30 heavy (non-hydrogen) atoms. The second-order valence-corrected chi connectivity index (χ2v) is 8.00. The van der Waals surface area contributed by atoms with Gasteiger partial charge in [0.05, 0.1) is 25.5 Å². The minimum atomic E-state index is -0.757. The van der Waals surface area contributed by atoms with E-state index in [0.29, 0.717) is 25.1 Å². The number of fused-ring (bicyclic) bond motifs is 1. The van der Waals surface area contributed by atoms with E-state index >= 15 is 0 Å². The lowest BCUT2D eigenvalue weighted by molar-refractivity contribution is -0.142. The number of piperidine rings is 1. The molecule has 2 aliphatic heterocycles. The molecule has 1 unspecified atom stereocenters. The molecule has 4 rings (SSSR count). The van der Waals surface area contributed by atoms with Crippen molar-refractivity contribution in [2.45, 2.75) is 50.5 Å². The monoisotopic (exact) mass is 417 g/mol. The lowest BCUT2D eigenvalue weighted by atomic mass is 9.98. The molecule has 1 aromatic carbocycles. The highest BCUT2D eigenvalue weighted by molar-refractivity contribution is 5.75. The molecule has 8 nitrogen and oxygen atoms in total. The van der Waals surface area contributed by atoms with E-state index in [0.717, 1.165) is 42.9 Å². The van der Waals surface area contributed by atoms with Crippen molar-refractivity contribution in [3.63, 3.8) is 0 Å². The molecular formula is C21H28FN5O3. The first kappa shape index (κ1) is 20.7. The van der Waals surface area contributed by atoms with Gasteiger partial charge in [-0.3, -0.25) is 9.69 Å². The van der Waals surface area contributed by atoms with Gasteiger partial charge in [0.25, 0.3) is 0 Å². The molecular weight excluding hydrogens is 389 g/mol. The van der Waals surface area contributed by atoms with E-state index in [1.807, 2.05) is 10.9 Å². The van der Waals surface area contributed by atoms with Crippen LogP contribution in [-0.4, -0.2) is 64.9 Å².